The summed E-state index contributed by atoms with van der Waals surface area (Å²) in [5, 5.41) is 3.02. The van der Waals surface area contributed by atoms with E-state index >= 15 is 0 Å². The number of hydrogen-bond acceptors (Lipinski definition) is 4. The lowest BCUT2D eigenvalue weighted by Crippen LogP contribution is -2.49. The first-order valence-corrected chi connectivity index (χ1v) is 9.37. The van der Waals surface area contributed by atoms with Crippen molar-refractivity contribution < 1.29 is 9.53 Å². The van der Waals surface area contributed by atoms with Gasteiger partial charge in [-0.2, -0.15) is 0 Å². The van der Waals surface area contributed by atoms with Crippen LogP contribution in [-0.4, -0.2) is 53.7 Å². The van der Waals surface area contributed by atoms with Gasteiger partial charge in [-0.05, 0) is 50.3 Å². The average molecular weight is 329 g/mol. The number of fused-ring (bicyclic) bond motifs is 1. The van der Waals surface area contributed by atoms with Crippen LogP contribution >= 0.6 is 0 Å². The molecule has 1 N–H and O–H groups in total. The molecular formula is C19H27N3O2. The zero-order valence-corrected chi connectivity index (χ0v) is 14.2. The summed E-state index contributed by atoms with van der Waals surface area (Å²) in [6.45, 7) is 2.83. The first kappa shape index (κ1) is 16.0. The van der Waals surface area contributed by atoms with Crippen molar-refractivity contribution in [3.63, 3.8) is 0 Å². The highest BCUT2D eigenvalue weighted by Crippen LogP contribution is 2.36. The molecule has 0 unspecified atom stereocenters. The Morgan fingerprint density at radius 3 is 3.00 bits per heavy atom. The number of nitrogens with one attached hydrogen (secondary N) is 1. The van der Waals surface area contributed by atoms with Crippen molar-refractivity contribution >= 4 is 5.91 Å². The fourth-order valence-corrected chi connectivity index (χ4v) is 4.18. The van der Waals surface area contributed by atoms with Gasteiger partial charge in [0.1, 0.15) is 6.10 Å². The molecule has 3 atom stereocenters. The lowest BCUT2D eigenvalue weighted by Gasteiger charge is -2.43. The highest BCUT2D eigenvalue weighted by atomic mass is 16.5. The van der Waals surface area contributed by atoms with Gasteiger partial charge >= 0.3 is 0 Å². The van der Waals surface area contributed by atoms with E-state index in [1.54, 1.807) is 6.20 Å². The highest BCUT2D eigenvalue weighted by molar-refractivity contribution is 5.81. The third-order valence-electron chi connectivity index (χ3n) is 5.87. The van der Waals surface area contributed by atoms with Crippen molar-refractivity contribution in [2.75, 3.05) is 19.6 Å². The lowest BCUT2D eigenvalue weighted by atomic mass is 9.86. The molecule has 24 heavy (non-hydrogen) atoms. The Bertz CT molecular complexity index is 561. The number of aromatic nitrogens is 1. The van der Waals surface area contributed by atoms with Crippen molar-refractivity contribution in [3.05, 3.63) is 30.1 Å². The Morgan fingerprint density at radius 2 is 2.25 bits per heavy atom. The summed E-state index contributed by atoms with van der Waals surface area (Å²) < 4.78 is 6.11. The maximum Gasteiger partial charge on any atom is 0.249 e. The van der Waals surface area contributed by atoms with Crippen LogP contribution in [0.1, 0.15) is 37.8 Å². The van der Waals surface area contributed by atoms with Crippen LogP contribution < -0.4 is 5.32 Å². The fraction of sp³-hybridized carbons (Fsp3) is 0.684. The molecule has 1 amide bonds. The van der Waals surface area contributed by atoms with Crippen LogP contribution in [-0.2, 0) is 16.0 Å². The van der Waals surface area contributed by atoms with Gasteiger partial charge < -0.3 is 10.1 Å². The lowest BCUT2D eigenvalue weighted by molar-refractivity contribution is -0.133. The molecule has 1 aliphatic carbocycles. The van der Waals surface area contributed by atoms with E-state index in [1.807, 2.05) is 18.2 Å². The second-order valence-corrected chi connectivity index (χ2v) is 7.39. The van der Waals surface area contributed by atoms with Gasteiger partial charge in [-0.1, -0.05) is 12.5 Å². The van der Waals surface area contributed by atoms with Crippen LogP contribution in [0.4, 0.5) is 0 Å². The van der Waals surface area contributed by atoms with E-state index in [4.69, 9.17) is 4.74 Å². The van der Waals surface area contributed by atoms with Gasteiger partial charge in [-0.25, -0.2) is 0 Å². The fourth-order valence-electron chi connectivity index (χ4n) is 4.18. The maximum absolute atomic E-state index is 12.4. The summed E-state index contributed by atoms with van der Waals surface area (Å²) in [5.74, 6) is 0.614. The zero-order valence-electron chi connectivity index (χ0n) is 14.2. The molecule has 1 aromatic heterocycles. The zero-order chi connectivity index (χ0) is 16.4. The first-order valence-electron chi connectivity index (χ1n) is 9.37. The Balaban J connectivity index is 1.23. The van der Waals surface area contributed by atoms with Crippen molar-refractivity contribution in [2.45, 2.75) is 56.8 Å². The highest BCUT2D eigenvalue weighted by Gasteiger charge is 2.43. The summed E-state index contributed by atoms with van der Waals surface area (Å²) in [6, 6.07) is 6.65. The number of rotatable bonds is 5. The molecule has 0 aromatic carbocycles. The standard InChI is InChI=1S/C19H27N3O2/c23-19(21-10-7-15-4-1-2-9-20-15)17-12-14-8-11-22(13-18(14)24-17)16-5-3-6-16/h1-2,4,9,14,16-18H,3,5-8,10-13H2,(H,21,23)/t14-,17-,18+/m0/s1. The number of carbonyl (C=O) groups is 1. The monoisotopic (exact) mass is 329 g/mol. The van der Waals surface area contributed by atoms with E-state index in [0.717, 1.165) is 31.1 Å². The van der Waals surface area contributed by atoms with Crippen LogP contribution in [0.2, 0.25) is 0 Å². The molecule has 0 radical (unpaired) electrons. The number of ether oxygens (including phenoxy) is 1. The number of piperidine rings is 1. The third-order valence-corrected chi connectivity index (χ3v) is 5.87. The van der Waals surface area contributed by atoms with Gasteiger partial charge in [-0.3, -0.25) is 14.7 Å². The van der Waals surface area contributed by atoms with Crippen molar-refractivity contribution in [1.29, 1.82) is 0 Å². The van der Waals surface area contributed by atoms with Gasteiger partial charge in [0.05, 0.1) is 6.10 Å². The molecule has 2 saturated heterocycles. The van der Waals surface area contributed by atoms with Crippen molar-refractivity contribution in [1.82, 2.24) is 15.2 Å². The van der Waals surface area contributed by atoms with Crippen LogP contribution in [0.15, 0.2) is 24.4 Å². The predicted molar refractivity (Wildman–Crippen MR) is 91.5 cm³/mol. The molecule has 0 bridgehead atoms. The average Bonchev–Trinajstić information content (AvgIpc) is 2.98. The van der Waals surface area contributed by atoms with Gasteiger partial charge in [0, 0.05) is 37.4 Å². The van der Waals surface area contributed by atoms with E-state index in [2.05, 4.69) is 15.2 Å². The quantitative estimate of drug-likeness (QED) is 0.894. The van der Waals surface area contributed by atoms with E-state index in [-0.39, 0.29) is 18.1 Å². The number of carbonyl (C=O) groups excluding carboxylic acids is 1. The molecule has 130 valence electrons. The second-order valence-electron chi connectivity index (χ2n) is 7.39. The molecule has 5 heteroatoms. The molecule has 1 aromatic rings. The smallest absolute Gasteiger partial charge is 0.249 e. The summed E-state index contributed by atoms with van der Waals surface area (Å²) >= 11 is 0. The van der Waals surface area contributed by atoms with E-state index < -0.39 is 0 Å². The van der Waals surface area contributed by atoms with Crippen LogP contribution in [0.3, 0.4) is 0 Å². The largest absolute Gasteiger partial charge is 0.364 e. The molecule has 1 saturated carbocycles. The number of hydrogen-bond donors (Lipinski definition) is 1. The molecule has 3 fully saturated rings. The molecule has 3 heterocycles. The Labute approximate surface area is 143 Å². The summed E-state index contributed by atoms with van der Waals surface area (Å²) in [5.41, 5.74) is 1.01. The van der Waals surface area contributed by atoms with Gasteiger partial charge in [-0.15, -0.1) is 0 Å². The van der Waals surface area contributed by atoms with Gasteiger partial charge in [0.25, 0.3) is 0 Å². The number of nitrogens with zero attached hydrogens (tertiary/aromatic N) is 2. The molecular weight excluding hydrogens is 302 g/mol. The van der Waals surface area contributed by atoms with Gasteiger partial charge in [0.15, 0.2) is 0 Å². The number of amides is 1. The third kappa shape index (κ3) is 3.47. The predicted octanol–water partition coefficient (Wildman–Crippen LogP) is 1.77. The Hall–Kier alpha value is -1.46. The van der Waals surface area contributed by atoms with E-state index in [1.165, 1.54) is 32.2 Å². The van der Waals surface area contributed by atoms with Gasteiger partial charge in [0.2, 0.25) is 5.91 Å². The second kappa shape index (κ2) is 7.19. The minimum absolute atomic E-state index is 0.0514. The topological polar surface area (TPSA) is 54.5 Å². The molecule has 2 aliphatic heterocycles. The Morgan fingerprint density at radius 1 is 1.33 bits per heavy atom. The normalized spacial score (nSPS) is 30.6. The summed E-state index contributed by atoms with van der Waals surface area (Å²) in [7, 11) is 0. The van der Waals surface area contributed by atoms with Crippen LogP contribution in [0, 0.1) is 5.92 Å². The minimum atomic E-state index is -0.259. The summed E-state index contributed by atoms with van der Waals surface area (Å²) in [6.07, 6.45) is 8.67. The molecule has 4 rings (SSSR count). The van der Waals surface area contributed by atoms with Crippen molar-refractivity contribution in [3.8, 4) is 0 Å². The SMILES string of the molecule is O=C(NCCc1ccccn1)[C@@H]1C[C@@H]2CCN(C3CCC3)C[C@H]2O1. The molecule has 3 aliphatic rings. The first-order chi connectivity index (χ1) is 11.8. The van der Waals surface area contributed by atoms with Crippen molar-refractivity contribution in [2.24, 2.45) is 5.92 Å². The van der Waals surface area contributed by atoms with Crippen LogP contribution in [0.25, 0.3) is 0 Å². The summed E-state index contributed by atoms with van der Waals surface area (Å²) in [4.78, 5) is 19.3. The Kier molecular flexibility index (Phi) is 4.81. The van der Waals surface area contributed by atoms with E-state index in [0.29, 0.717) is 12.5 Å². The number of likely N-dealkylation sites (tertiary alicyclic amines) is 1. The maximum atomic E-state index is 12.4. The minimum Gasteiger partial charge on any atom is -0.364 e. The van der Waals surface area contributed by atoms with Crippen LogP contribution in [0.5, 0.6) is 0 Å². The number of pyridine rings is 1. The van der Waals surface area contributed by atoms with E-state index in [9.17, 15) is 4.79 Å². The molecule has 5 nitrogen and oxygen atoms in total. The molecule has 0 spiro atoms.